The number of nitrogens with zero attached hydrogens (tertiary/aromatic N) is 3. The Hall–Kier alpha value is -3.97. The molecule has 6 rings (SSSR count). The van der Waals surface area contributed by atoms with Crippen LogP contribution in [0.25, 0.3) is 44.3 Å². The molecule has 168 valence electrons. The lowest BCUT2D eigenvalue weighted by Gasteiger charge is -2.09. The van der Waals surface area contributed by atoms with Gasteiger partial charge >= 0.3 is 0 Å². The lowest BCUT2D eigenvalue weighted by molar-refractivity contribution is 0.0976. The van der Waals surface area contributed by atoms with Crippen molar-refractivity contribution in [3.8, 4) is 22.4 Å². The number of rotatable bonds is 6. The number of carbonyl (C=O) groups excluding carboxylic acids is 1. The number of benzene rings is 1. The Labute approximate surface area is 195 Å². The van der Waals surface area contributed by atoms with Crippen molar-refractivity contribution in [3.05, 3.63) is 78.6 Å². The number of fused-ring (bicyclic) bond motifs is 3. The topological polar surface area (TPSA) is 97.6 Å². The molecule has 1 aliphatic carbocycles. The fourth-order valence-electron chi connectivity index (χ4n) is 4.43. The number of aromatic nitrogens is 4. The van der Waals surface area contributed by atoms with E-state index < -0.39 is 5.82 Å². The molecule has 4 heterocycles. The number of aromatic amines is 1. The molecule has 5 aromatic rings. The number of nitrogens with one attached hydrogen (secondary N) is 1. The summed E-state index contributed by atoms with van der Waals surface area (Å²) < 4.78 is 15.2. The third-order valence-corrected chi connectivity index (χ3v) is 6.65. The van der Waals surface area contributed by atoms with Crippen LogP contribution in [0.3, 0.4) is 0 Å². The van der Waals surface area contributed by atoms with E-state index in [0.717, 1.165) is 35.0 Å². The van der Waals surface area contributed by atoms with Gasteiger partial charge in [0, 0.05) is 51.8 Å². The van der Waals surface area contributed by atoms with Gasteiger partial charge in [-0.1, -0.05) is 24.3 Å². The second kappa shape index (κ2) is 7.81. The standard InChI is InChI=1S/C27H22FN5O/c28-20-14-32-26-25(19-12-21(31-15-22(19)33-26)18-2-1-11-30-13-18)24(20)17-5-3-16(4-6-17)23(34)7-8-27(29)9-10-27/h1-6,11-15H,7-10,29H2,(H,32,33). The predicted octanol–water partition coefficient (Wildman–Crippen LogP) is 5.43. The molecule has 4 aromatic heterocycles. The summed E-state index contributed by atoms with van der Waals surface area (Å²) in [4.78, 5) is 28.8. The molecule has 0 atom stereocenters. The minimum Gasteiger partial charge on any atom is -0.338 e. The predicted molar refractivity (Wildman–Crippen MR) is 130 cm³/mol. The molecule has 7 heteroatoms. The van der Waals surface area contributed by atoms with Gasteiger partial charge in [-0.25, -0.2) is 9.37 Å². The fourth-order valence-corrected chi connectivity index (χ4v) is 4.43. The number of nitrogens with two attached hydrogens (primary N) is 1. The van der Waals surface area contributed by atoms with E-state index in [1.54, 1.807) is 42.9 Å². The van der Waals surface area contributed by atoms with Gasteiger partial charge in [-0.15, -0.1) is 0 Å². The molecule has 3 N–H and O–H groups in total. The number of ketones is 1. The second-order valence-corrected chi connectivity index (χ2v) is 9.05. The van der Waals surface area contributed by atoms with Crippen LogP contribution in [-0.4, -0.2) is 31.3 Å². The maximum Gasteiger partial charge on any atom is 0.162 e. The Morgan fingerprint density at radius 1 is 1.06 bits per heavy atom. The highest BCUT2D eigenvalue weighted by Gasteiger charge is 2.37. The van der Waals surface area contributed by atoms with E-state index in [9.17, 15) is 4.79 Å². The first-order chi connectivity index (χ1) is 16.5. The van der Waals surface area contributed by atoms with E-state index in [4.69, 9.17) is 5.73 Å². The zero-order valence-electron chi connectivity index (χ0n) is 18.4. The van der Waals surface area contributed by atoms with Crippen molar-refractivity contribution >= 4 is 27.7 Å². The van der Waals surface area contributed by atoms with Gasteiger partial charge < -0.3 is 10.7 Å². The summed E-state index contributed by atoms with van der Waals surface area (Å²) in [5.74, 6) is -0.367. The normalized spacial score (nSPS) is 14.5. The molecule has 0 unspecified atom stereocenters. The molecule has 1 fully saturated rings. The summed E-state index contributed by atoms with van der Waals surface area (Å²) in [6, 6.07) is 12.8. The summed E-state index contributed by atoms with van der Waals surface area (Å²) in [5, 5.41) is 1.50. The molecule has 34 heavy (non-hydrogen) atoms. The highest BCUT2D eigenvalue weighted by atomic mass is 19.1. The van der Waals surface area contributed by atoms with Crippen molar-refractivity contribution in [2.75, 3.05) is 0 Å². The number of carbonyl (C=O) groups is 1. The Balaban J connectivity index is 1.42. The average molecular weight is 452 g/mol. The Kier molecular flexibility index (Phi) is 4.74. The van der Waals surface area contributed by atoms with Gasteiger partial charge in [0.2, 0.25) is 0 Å². The van der Waals surface area contributed by atoms with Gasteiger partial charge in [0.15, 0.2) is 5.78 Å². The monoisotopic (exact) mass is 451 g/mol. The molecule has 1 aromatic carbocycles. The van der Waals surface area contributed by atoms with Gasteiger partial charge in [-0.05, 0) is 43.0 Å². The van der Waals surface area contributed by atoms with Gasteiger partial charge in [0.05, 0.1) is 23.6 Å². The van der Waals surface area contributed by atoms with E-state index >= 15 is 4.39 Å². The quantitative estimate of drug-likeness (QED) is 0.335. The summed E-state index contributed by atoms with van der Waals surface area (Å²) in [6.45, 7) is 0. The van der Waals surface area contributed by atoms with Crippen LogP contribution in [0.4, 0.5) is 4.39 Å². The van der Waals surface area contributed by atoms with Crippen LogP contribution in [0, 0.1) is 5.82 Å². The number of Topliss-reactive ketones (excluding diaryl/α,β-unsaturated/α-hetero) is 1. The van der Waals surface area contributed by atoms with Crippen molar-refractivity contribution in [3.63, 3.8) is 0 Å². The van der Waals surface area contributed by atoms with Crippen LogP contribution in [-0.2, 0) is 0 Å². The van der Waals surface area contributed by atoms with Crippen LogP contribution in [0.2, 0.25) is 0 Å². The first-order valence-electron chi connectivity index (χ1n) is 11.3. The number of halogens is 1. The van der Waals surface area contributed by atoms with Crippen molar-refractivity contribution in [1.82, 2.24) is 19.9 Å². The van der Waals surface area contributed by atoms with Crippen LogP contribution in [0.15, 0.2) is 67.3 Å². The summed E-state index contributed by atoms with van der Waals surface area (Å²) in [7, 11) is 0. The lowest BCUT2D eigenvalue weighted by atomic mass is 9.97. The number of hydrogen-bond donors (Lipinski definition) is 2. The molecule has 0 spiro atoms. The van der Waals surface area contributed by atoms with E-state index in [0.29, 0.717) is 40.6 Å². The second-order valence-electron chi connectivity index (χ2n) is 9.05. The van der Waals surface area contributed by atoms with E-state index in [-0.39, 0.29) is 11.3 Å². The van der Waals surface area contributed by atoms with E-state index in [1.165, 1.54) is 6.20 Å². The molecular weight excluding hydrogens is 429 g/mol. The van der Waals surface area contributed by atoms with Gasteiger partial charge in [0.1, 0.15) is 11.5 Å². The van der Waals surface area contributed by atoms with Crippen LogP contribution >= 0.6 is 0 Å². The highest BCUT2D eigenvalue weighted by Crippen LogP contribution is 2.38. The van der Waals surface area contributed by atoms with Gasteiger partial charge in [0.25, 0.3) is 0 Å². The third kappa shape index (κ3) is 3.64. The molecule has 0 aliphatic heterocycles. The van der Waals surface area contributed by atoms with Crippen LogP contribution < -0.4 is 5.73 Å². The van der Waals surface area contributed by atoms with Crippen LogP contribution in [0.1, 0.15) is 36.0 Å². The van der Waals surface area contributed by atoms with Crippen molar-refractivity contribution in [2.24, 2.45) is 5.73 Å². The zero-order valence-corrected chi connectivity index (χ0v) is 18.4. The lowest BCUT2D eigenvalue weighted by Crippen LogP contribution is -2.22. The minimum atomic E-state index is -0.425. The maximum atomic E-state index is 15.2. The molecule has 0 amide bonds. The zero-order chi connectivity index (χ0) is 23.3. The van der Waals surface area contributed by atoms with Gasteiger partial charge in [-0.3, -0.25) is 14.8 Å². The van der Waals surface area contributed by atoms with E-state index in [1.807, 2.05) is 18.2 Å². The first kappa shape index (κ1) is 20.6. The molecule has 6 nitrogen and oxygen atoms in total. The Bertz CT molecular complexity index is 1540. The highest BCUT2D eigenvalue weighted by molar-refractivity contribution is 6.13. The minimum absolute atomic E-state index is 0.0582. The molecule has 0 saturated heterocycles. The summed E-state index contributed by atoms with van der Waals surface area (Å²) >= 11 is 0. The number of H-pyrrole nitrogens is 1. The third-order valence-electron chi connectivity index (χ3n) is 6.65. The van der Waals surface area contributed by atoms with E-state index in [2.05, 4.69) is 19.9 Å². The number of hydrogen-bond acceptors (Lipinski definition) is 5. The molecule has 1 aliphatic rings. The molecule has 1 saturated carbocycles. The fraction of sp³-hybridized carbons (Fsp3) is 0.185. The molecule has 0 bridgehead atoms. The molecule has 0 radical (unpaired) electrons. The smallest absolute Gasteiger partial charge is 0.162 e. The van der Waals surface area contributed by atoms with Crippen molar-refractivity contribution in [1.29, 1.82) is 0 Å². The largest absolute Gasteiger partial charge is 0.338 e. The Morgan fingerprint density at radius 2 is 1.88 bits per heavy atom. The first-order valence-corrected chi connectivity index (χ1v) is 11.3. The molecular formula is C27H22FN5O. The van der Waals surface area contributed by atoms with Gasteiger partial charge in [-0.2, -0.15) is 0 Å². The van der Waals surface area contributed by atoms with Crippen molar-refractivity contribution in [2.45, 2.75) is 31.2 Å². The van der Waals surface area contributed by atoms with Crippen molar-refractivity contribution < 1.29 is 9.18 Å². The Morgan fingerprint density at radius 3 is 2.62 bits per heavy atom. The number of pyridine rings is 3. The van der Waals surface area contributed by atoms with Crippen LogP contribution in [0.5, 0.6) is 0 Å². The maximum absolute atomic E-state index is 15.2. The average Bonchev–Trinajstić information content (AvgIpc) is 3.50. The summed E-state index contributed by atoms with van der Waals surface area (Å²) in [6.07, 6.45) is 9.50. The SMILES string of the molecule is NC1(CCC(=O)c2ccc(-c3c(F)cnc4[nH]c5cnc(-c6cccnc6)cc5c34)cc2)CC1. The summed E-state index contributed by atoms with van der Waals surface area (Å²) in [5.41, 5.74) is 10.7.